The molecular weight excluding hydrogens is 398 g/mol. The number of ether oxygens (including phenoxy) is 2. The van der Waals surface area contributed by atoms with Crippen LogP contribution in [0.15, 0.2) is 45.7 Å². The van der Waals surface area contributed by atoms with Gasteiger partial charge in [0.15, 0.2) is 28.6 Å². The summed E-state index contributed by atoms with van der Waals surface area (Å²) in [5, 5.41) is 11.1. The van der Waals surface area contributed by atoms with Crippen molar-refractivity contribution in [1.82, 2.24) is 24.7 Å². The van der Waals surface area contributed by atoms with Crippen LogP contribution in [0, 0.1) is 0 Å². The van der Waals surface area contributed by atoms with E-state index in [0.717, 1.165) is 11.3 Å². The first-order valence-corrected chi connectivity index (χ1v) is 10.4. The zero-order valence-corrected chi connectivity index (χ0v) is 16.4. The number of aromatic nitrogens is 5. The molecule has 0 saturated heterocycles. The lowest BCUT2D eigenvalue weighted by atomic mass is 10.2. The predicted octanol–water partition coefficient (Wildman–Crippen LogP) is 2.92. The topological polar surface area (TPSA) is 94.9 Å². The lowest BCUT2D eigenvalue weighted by molar-refractivity contribution is 0.0825. The second kappa shape index (κ2) is 6.95. The zero-order valence-electron chi connectivity index (χ0n) is 14.8. The number of nitrogens with one attached hydrogen (secondary N) is 1. The normalized spacial score (nSPS) is 15.8. The third-order valence-electron chi connectivity index (χ3n) is 4.37. The fourth-order valence-corrected chi connectivity index (χ4v) is 4.52. The van der Waals surface area contributed by atoms with E-state index < -0.39 is 0 Å². The molecule has 0 amide bonds. The van der Waals surface area contributed by atoms with E-state index in [1.165, 1.54) is 23.1 Å². The maximum Gasteiger partial charge on any atom is 0.268 e. The number of hydrogen-bond donors (Lipinski definition) is 1. The third-order valence-corrected chi connectivity index (χ3v) is 6.30. The number of para-hydroxylation sites is 2. The van der Waals surface area contributed by atoms with E-state index in [9.17, 15) is 4.79 Å². The SMILES string of the molecule is Cn1c(SCc2nc3ccsc3c(=O)[nH]2)nnc1[C@@H]1COc2ccccc2O1. The number of aromatic amines is 1. The summed E-state index contributed by atoms with van der Waals surface area (Å²) in [5.74, 6) is 3.21. The third kappa shape index (κ3) is 3.04. The highest BCUT2D eigenvalue weighted by Crippen LogP contribution is 2.35. The van der Waals surface area contributed by atoms with E-state index in [1.54, 1.807) is 0 Å². The van der Waals surface area contributed by atoms with Crippen molar-refractivity contribution in [3.63, 3.8) is 0 Å². The molecule has 4 aromatic rings. The molecule has 1 aliphatic heterocycles. The predicted molar refractivity (Wildman–Crippen MR) is 106 cm³/mol. The van der Waals surface area contributed by atoms with Crippen molar-refractivity contribution in [2.24, 2.45) is 7.05 Å². The zero-order chi connectivity index (χ0) is 19.1. The Labute approximate surface area is 167 Å². The van der Waals surface area contributed by atoms with Crippen LogP contribution in [0.2, 0.25) is 0 Å². The van der Waals surface area contributed by atoms with Crippen molar-refractivity contribution < 1.29 is 9.47 Å². The van der Waals surface area contributed by atoms with Crippen molar-refractivity contribution in [2.45, 2.75) is 17.0 Å². The van der Waals surface area contributed by atoms with Gasteiger partial charge in [0.25, 0.3) is 5.56 Å². The van der Waals surface area contributed by atoms with E-state index >= 15 is 0 Å². The maximum atomic E-state index is 12.1. The lowest BCUT2D eigenvalue weighted by Gasteiger charge is -2.25. The second-order valence-corrected chi connectivity index (χ2v) is 8.06. The molecule has 10 heteroatoms. The molecule has 0 fully saturated rings. The number of fused-ring (bicyclic) bond motifs is 2. The van der Waals surface area contributed by atoms with Crippen LogP contribution in [0.25, 0.3) is 10.2 Å². The molecule has 0 aliphatic carbocycles. The molecule has 0 saturated carbocycles. The lowest BCUT2D eigenvalue weighted by Crippen LogP contribution is -2.24. The first kappa shape index (κ1) is 17.3. The van der Waals surface area contributed by atoms with E-state index in [1.807, 2.05) is 47.3 Å². The van der Waals surface area contributed by atoms with Crippen molar-refractivity contribution in [1.29, 1.82) is 0 Å². The Kier molecular flexibility index (Phi) is 4.29. The van der Waals surface area contributed by atoms with Crippen LogP contribution in [0.4, 0.5) is 0 Å². The average Bonchev–Trinajstić information content (AvgIpc) is 3.33. The molecule has 3 aromatic heterocycles. The molecule has 0 unspecified atom stereocenters. The van der Waals surface area contributed by atoms with Gasteiger partial charge in [-0.05, 0) is 23.6 Å². The summed E-state index contributed by atoms with van der Waals surface area (Å²) in [5.41, 5.74) is 0.607. The Bertz CT molecular complexity index is 1220. The molecule has 1 atom stereocenters. The van der Waals surface area contributed by atoms with Crippen molar-refractivity contribution in [3.8, 4) is 11.5 Å². The van der Waals surface area contributed by atoms with Gasteiger partial charge in [-0.2, -0.15) is 0 Å². The number of nitrogens with zero attached hydrogens (tertiary/aromatic N) is 4. The van der Waals surface area contributed by atoms with Crippen LogP contribution in [0.1, 0.15) is 17.8 Å². The minimum atomic E-state index is -0.332. The Morgan fingerprint density at radius 3 is 3.04 bits per heavy atom. The molecule has 0 spiro atoms. The molecule has 0 radical (unpaired) electrons. The minimum Gasteiger partial charge on any atom is -0.485 e. The van der Waals surface area contributed by atoms with Gasteiger partial charge in [-0.1, -0.05) is 23.9 Å². The summed E-state index contributed by atoms with van der Waals surface area (Å²) < 4.78 is 14.3. The van der Waals surface area contributed by atoms with Gasteiger partial charge >= 0.3 is 0 Å². The summed E-state index contributed by atoms with van der Waals surface area (Å²) >= 11 is 2.84. The van der Waals surface area contributed by atoms with E-state index in [0.29, 0.717) is 39.6 Å². The fraction of sp³-hybridized carbons (Fsp3) is 0.222. The number of benzene rings is 1. The first-order valence-electron chi connectivity index (χ1n) is 8.56. The van der Waals surface area contributed by atoms with Gasteiger partial charge in [0.2, 0.25) is 0 Å². The van der Waals surface area contributed by atoms with Gasteiger partial charge in [0.05, 0.1) is 11.3 Å². The van der Waals surface area contributed by atoms with Gasteiger partial charge in [-0.25, -0.2) is 4.98 Å². The Hall–Kier alpha value is -2.85. The standard InChI is InChI=1S/C18H15N5O3S2/c1-23-16(13-8-25-11-4-2-3-5-12(11)26-13)21-22-18(23)28-9-14-19-10-6-7-27-15(10)17(24)20-14/h2-7,13H,8-9H2,1H3,(H,19,20,24)/t13-/m0/s1. The quantitative estimate of drug-likeness (QED) is 0.514. The van der Waals surface area contributed by atoms with Gasteiger partial charge in [-0.3, -0.25) is 4.79 Å². The Morgan fingerprint density at radius 2 is 2.14 bits per heavy atom. The Balaban J connectivity index is 1.33. The highest BCUT2D eigenvalue weighted by Gasteiger charge is 2.27. The minimum absolute atomic E-state index is 0.110. The molecule has 1 aromatic carbocycles. The summed E-state index contributed by atoms with van der Waals surface area (Å²) in [6, 6.07) is 9.41. The molecule has 1 N–H and O–H groups in total. The summed E-state index contributed by atoms with van der Waals surface area (Å²) in [7, 11) is 1.89. The van der Waals surface area contributed by atoms with Crippen molar-refractivity contribution >= 4 is 33.3 Å². The summed E-state index contributed by atoms with van der Waals surface area (Å²) in [6.07, 6.45) is -0.332. The molecule has 28 heavy (non-hydrogen) atoms. The van der Waals surface area contributed by atoms with Gasteiger partial charge < -0.3 is 19.0 Å². The van der Waals surface area contributed by atoms with E-state index in [4.69, 9.17) is 9.47 Å². The maximum absolute atomic E-state index is 12.1. The fourth-order valence-electron chi connectivity index (χ4n) is 3.00. The van der Waals surface area contributed by atoms with E-state index in [2.05, 4.69) is 20.2 Å². The highest BCUT2D eigenvalue weighted by atomic mass is 32.2. The molecular formula is C18H15N5O3S2. The van der Waals surface area contributed by atoms with E-state index in [-0.39, 0.29) is 11.7 Å². The molecule has 142 valence electrons. The Morgan fingerprint density at radius 1 is 1.29 bits per heavy atom. The van der Waals surface area contributed by atoms with Gasteiger partial charge in [0, 0.05) is 7.05 Å². The van der Waals surface area contributed by atoms with Crippen LogP contribution in [0.5, 0.6) is 11.5 Å². The van der Waals surface area contributed by atoms with Crippen molar-refractivity contribution in [2.75, 3.05) is 6.61 Å². The number of thiophene rings is 1. The second-order valence-electron chi connectivity index (χ2n) is 6.20. The smallest absolute Gasteiger partial charge is 0.268 e. The van der Waals surface area contributed by atoms with Crippen LogP contribution < -0.4 is 15.0 Å². The van der Waals surface area contributed by atoms with Crippen LogP contribution in [0.3, 0.4) is 0 Å². The molecule has 8 nitrogen and oxygen atoms in total. The number of thioether (sulfide) groups is 1. The van der Waals surface area contributed by atoms with Gasteiger partial charge in [-0.15, -0.1) is 21.5 Å². The molecule has 1 aliphatic rings. The van der Waals surface area contributed by atoms with Gasteiger partial charge in [0.1, 0.15) is 17.1 Å². The molecule has 0 bridgehead atoms. The number of H-pyrrole nitrogens is 1. The average molecular weight is 413 g/mol. The van der Waals surface area contributed by atoms with Crippen molar-refractivity contribution in [3.05, 3.63) is 57.7 Å². The van der Waals surface area contributed by atoms with Crippen LogP contribution >= 0.6 is 23.1 Å². The van der Waals surface area contributed by atoms with Crippen LogP contribution in [-0.4, -0.2) is 31.3 Å². The number of hydrogen-bond acceptors (Lipinski definition) is 8. The first-order chi connectivity index (χ1) is 13.7. The molecule has 5 rings (SSSR count). The summed E-state index contributed by atoms with van der Waals surface area (Å²) in [6.45, 7) is 0.372. The monoisotopic (exact) mass is 413 g/mol. The van der Waals surface area contributed by atoms with Crippen LogP contribution in [-0.2, 0) is 12.8 Å². The highest BCUT2D eigenvalue weighted by molar-refractivity contribution is 7.98. The number of rotatable bonds is 4. The largest absolute Gasteiger partial charge is 0.485 e. The summed E-state index contributed by atoms with van der Waals surface area (Å²) in [4.78, 5) is 19.4. The molecule has 4 heterocycles.